The molecule has 0 aliphatic carbocycles. The number of carbonyl (C=O) groups is 3. The first-order chi connectivity index (χ1) is 8.88. The zero-order valence-electron chi connectivity index (χ0n) is 10.9. The van der Waals surface area contributed by atoms with Crippen molar-refractivity contribution in [1.82, 2.24) is 15.5 Å². The second-order valence-corrected chi connectivity index (χ2v) is 4.76. The third-order valence-corrected chi connectivity index (χ3v) is 3.01. The average Bonchev–Trinajstić information content (AvgIpc) is 2.69. The van der Waals surface area contributed by atoms with Crippen LogP contribution in [0.3, 0.4) is 0 Å². The van der Waals surface area contributed by atoms with Gasteiger partial charge in [-0.25, -0.2) is 9.59 Å². The number of aliphatic carboxylic acids is 1. The SMILES string of the molecule is CN1CCC(NC(=O)N[C@H](CCC(N)=O)C(=O)O)C1. The predicted octanol–water partition coefficient (Wildman–Crippen LogP) is -1.29. The van der Waals surface area contributed by atoms with Crippen molar-refractivity contribution in [1.29, 1.82) is 0 Å². The first-order valence-corrected chi connectivity index (χ1v) is 6.15. The van der Waals surface area contributed by atoms with Gasteiger partial charge in [0.15, 0.2) is 0 Å². The molecule has 1 rings (SSSR count). The third-order valence-electron chi connectivity index (χ3n) is 3.01. The molecular weight excluding hydrogens is 252 g/mol. The van der Waals surface area contributed by atoms with Crippen molar-refractivity contribution in [3.05, 3.63) is 0 Å². The molecule has 8 nitrogen and oxygen atoms in total. The van der Waals surface area contributed by atoms with E-state index in [0.717, 1.165) is 19.5 Å². The number of primary amides is 1. The van der Waals surface area contributed by atoms with Crippen molar-refractivity contribution in [2.75, 3.05) is 20.1 Å². The van der Waals surface area contributed by atoms with Crippen LogP contribution in [0.5, 0.6) is 0 Å². The molecule has 0 aromatic carbocycles. The second kappa shape index (κ2) is 6.93. The third kappa shape index (κ3) is 5.56. The van der Waals surface area contributed by atoms with Gasteiger partial charge in [-0.3, -0.25) is 4.79 Å². The van der Waals surface area contributed by atoms with Gasteiger partial charge in [0.05, 0.1) is 0 Å². The van der Waals surface area contributed by atoms with Crippen molar-refractivity contribution < 1.29 is 19.5 Å². The summed E-state index contributed by atoms with van der Waals surface area (Å²) in [5, 5.41) is 14.0. The van der Waals surface area contributed by atoms with Gasteiger partial charge in [-0.05, 0) is 26.4 Å². The summed E-state index contributed by atoms with van der Waals surface area (Å²) in [7, 11) is 1.95. The number of carboxylic acids is 1. The Hall–Kier alpha value is -1.83. The number of nitrogens with one attached hydrogen (secondary N) is 2. The first-order valence-electron chi connectivity index (χ1n) is 6.15. The fourth-order valence-corrected chi connectivity index (χ4v) is 1.98. The molecule has 1 fully saturated rings. The molecule has 1 saturated heterocycles. The molecule has 8 heteroatoms. The van der Waals surface area contributed by atoms with Crippen LogP contribution < -0.4 is 16.4 Å². The van der Waals surface area contributed by atoms with E-state index in [2.05, 4.69) is 15.5 Å². The molecule has 0 aromatic rings. The standard InChI is InChI=1S/C11H20N4O4/c1-15-5-4-7(6-15)13-11(19)14-8(10(17)18)2-3-9(12)16/h7-8H,2-6H2,1H3,(H2,12,16)(H,17,18)(H2,13,14,19)/t7?,8-/m1/s1. The molecule has 2 atom stereocenters. The Morgan fingerprint density at radius 3 is 2.63 bits per heavy atom. The van der Waals surface area contributed by atoms with E-state index < -0.39 is 23.9 Å². The Bertz CT molecular complexity index is 361. The van der Waals surface area contributed by atoms with Crippen LogP contribution in [0.15, 0.2) is 0 Å². The zero-order chi connectivity index (χ0) is 14.4. The Kier molecular flexibility index (Phi) is 5.56. The number of likely N-dealkylation sites (N-methyl/N-ethyl adjacent to an activating group) is 1. The minimum atomic E-state index is -1.18. The summed E-state index contributed by atoms with van der Waals surface area (Å²) >= 11 is 0. The predicted molar refractivity (Wildman–Crippen MR) is 67.4 cm³/mol. The quantitative estimate of drug-likeness (QED) is 0.479. The van der Waals surface area contributed by atoms with Crippen LogP contribution in [0.25, 0.3) is 0 Å². The van der Waals surface area contributed by atoms with E-state index in [1.165, 1.54) is 0 Å². The number of nitrogens with zero attached hydrogens (tertiary/aromatic N) is 1. The maximum absolute atomic E-state index is 11.6. The second-order valence-electron chi connectivity index (χ2n) is 4.76. The lowest BCUT2D eigenvalue weighted by molar-refractivity contribution is -0.139. The fraction of sp³-hybridized carbons (Fsp3) is 0.727. The molecule has 108 valence electrons. The summed E-state index contributed by atoms with van der Waals surface area (Å²) in [6.07, 6.45) is 0.745. The van der Waals surface area contributed by atoms with Crippen LogP contribution in [0.4, 0.5) is 4.79 Å². The topological polar surface area (TPSA) is 125 Å². The Morgan fingerprint density at radius 2 is 2.16 bits per heavy atom. The summed E-state index contributed by atoms with van der Waals surface area (Å²) in [5.74, 6) is -1.77. The average molecular weight is 272 g/mol. The number of urea groups is 1. The summed E-state index contributed by atoms with van der Waals surface area (Å²) < 4.78 is 0. The van der Waals surface area contributed by atoms with E-state index in [1.54, 1.807) is 0 Å². The lowest BCUT2D eigenvalue weighted by atomic mass is 10.1. The number of likely N-dealkylation sites (tertiary alicyclic amines) is 1. The van der Waals surface area contributed by atoms with E-state index >= 15 is 0 Å². The molecular formula is C11H20N4O4. The number of carboxylic acid groups (broad SMARTS) is 1. The zero-order valence-corrected chi connectivity index (χ0v) is 10.9. The molecule has 0 saturated carbocycles. The van der Waals surface area contributed by atoms with Gasteiger partial charge in [-0.1, -0.05) is 0 Å². The van der Waals surface area contributed by atoms with E-state index in [4.69, 9.17) is 10.8 Å². The fourth-order valence-electron chi connectivity index (χ4n) is 1.98. The van der Waals surface area contributed by atoms with Crippen molar-refractivity contribution in [2.24, 2.45) is 5.73 Å². The van der Waals surface area contributed by atoms with Gasteiger partial charge in [0.2, 0.25) is 5.91 Å². The van der Waals surface area contributed by atoms with Gasteiger partial charge in [0.1, 0.15) is 6.04 Å². The van der Waals surface area contributed by atoms with Crippen LogP contribution in [0.1, 0.15) is 19.3 Å². The van der Waals surface area contributed by atoms with Gasteiger partial charge in [0.25, 0.3) is 0 Å². The highest BCUT2D eigenvalue weighted by molar-refractivity contribution is 5.83. The van der Waals surface area contributed by atoms with Crippen LogP contribution in [-0.4, -0.2) is 60.1 Å². The molecule has 1 unspecified atom stereocenters. The first kappa shape index (κ1) is 15.2. The number of hydrogen-bond acceptors (Lipinski definition) is 4. The van der Waals surface area contributed by atoms with E-state index in [-0.39, 0.29) is 18.9 Å². The Labute approximate surface area is 111 Å². The summed E-state index contributed by atoms with van der Waals surface area (Å²) in [6, 6.07) is -1.61. The molecule has 19 heavy (non-hydrogen) atoms. The van der Waals surface area contributed by atoms with Gasteiger partial charge < -0.3 is 26.4 Å². The monoisotopic (exact) mass is 272 g/mol. The van der Waals surface area contributed by atoms with Gasteiger partial charge in [-0.2, -0.15) is 0 Å². The van der Waals surface area contributed by atoms with Crippen molar-refractivity contribution in [2.45, 2.75) is 31.3 Å². The summed E-state index contributed by atoms with van der Waals surface area (Å²) in [4.78, 5) is 35.3. The minimum absolute atomic E-state index is 0.0113. The summed E-state index contributed by atoms with van der Waals surface area (Å²) in [6.45, 7) is 1.64. The normalized spacial score (nSPS) is 20.8. The minimum Gasteiger partial charge on any atom is -0.480 e. The molecule has 0 bridgehead atoms. The van der Waals surface area contributed by atoms with E-state index in [0.29, 0.717) is 0 Å². The van der Waals surface area contributed by atoms with Gasteiger partial charge in [0, 0.05) is 19.0 Å². The number of carbonyl (C=O) groups excluding carboxylic acids is 2. The van der Waals surface area contributed by atoms with Gasteiger partial charge >= 0.3 is 12.0 Å². The maximum atomic E-state index is 11.6. The lowest BCUT2D eigenvalue weighted by Crippen LogP contribution is -2.49. The molecule has 1 heterocycles. The number of nitrogens with two attached hydrogens (primary N) is 1. The van der Waals surface area contributed by atoms with Gasteiger partial charge in [-0.15, -0.1) is 0 Å². The number of amides is 3. The highest BCUT2D eigenvalue weighted by Gasteiger charge is 2.24. The number of rotatable bonds is 6. The Balaban J connectivity index is 2.38. The van der Waals surface area contributed by atoms with Crippen LogP contribution >= 0.6 is 0 Å². The maximum Gasteiger partial charge on any atom is 0.326 e. The Morgan fingerprint density at radius 1 is 1.47 bits per heavy atom. The molecule has 1 aliphatic rings. The van der Waals surface area contributed by atoms with E-state index in [1.807, 2.05) is 7.05 Å². The molecule has 0 aromatic heterocycles. The van der Waals surface area contributed by atoms with Crippen LogP contribution in [0.2, 0.25) is 0 Å². The highest BCUT2D eigenvalue weighted by atomic mass is 16.4. The van der Waals surface area contributed by atoms with E-state index in [9.17, 15) is 14.4 Å². The number of hydrogen-bond donors (Lipinski definition) is 4. The van der Waals surface area contributed by atoms with Crippen molar-refractivity contribution in [3.63, 3.8) is 0 Å². The highest BCUT2D eigenvalue weighted by Crippen LogP contribution is 2.06. The molecule has 0 radical (unpaired) electrons. The molecule has 5 N–H and O–H groups in total. The van der Waals surface area contributed by atoms with Crippen LogP contribution in [0, 0.1) is 0 Å². The smallest absolute Gasteiger partial charge is 0.326 e. The molecule has 3 amide bonds. The van der Waals surface area contributed by atoms with Crippen LogP contribution in [-0.2, 0) is 9.59 Å². The summed E-state index contributed by atoms with van der Waals surface area (Å²) in [5.41, 5.74) is 4.95. The largest absolute Gasteiger partial charge is 0.480 e. The van der Waals surface area contributed by atoms with Crippen molar-refractivity contribution in [3.8, 4) is 0 Å². The van der Waals surface area contributed by atoms with Crippen molar-refractivity contribution >= 4 is 17.9 Å². The molecule has 1 aliphatic heterocycles. The lowest BCUT2D eigenvalue weighted by Gasteiger charge is -2.17. The molecule has 0 spiro atoms.